The number of rotatable bonds is 7. The molecule has 0 amide bonds. The molecule has 114 valence electrons. The van der Waals surface area contributed by atoms with Gasteiger partial charge in [-0.15, -0.1) is 11.3 Å². The molecule has 0 aliphatic carbocycles. The molecular weight excluding hydrogens is 310 g/mol. The predicted octanol–water partition coefficient (Wildman–Crippen LogP) is 1.24. The van der Waals surface area contributed by atoms with Gasteiger partial charge in [0.05, 0.1) is 0 Å². The van der Waals surface area contributed by atoms with E-state index in [0.29, 0.717) is 17.2 Å². The van der Waals surface area contributed by atoms with Gasteiger partial charge >= 0.3 is 0 Å². The van der Waals surface area contributed by atoms with Crippen LogP contribution in [0.3, 0.4) is 0 Å². The monoisotopic (exact) mass is 327 g/mol. The Kier molecular flexibility index (Phi) is 5.27. The number of nitrogens with one attached hydrogen (secondary N) is 1. The van der Waals surface area contributed by atoms with Crippen LogP contribution in [0.1, 0.15) is 18.2 Å². The van der Waals surface area contributed by atoms with Crippen LogP contribution < -0.4 is 10.3 Å². The summed E-state index contributed by atoms with van der Waals surface area (Å²) in [7, 11) is -3.45. The predicted molar refractivity (Wildman–Crippen MR) is 82.0 cm³/mol. The Morgan fingerprint density at radius 2 is 2.14 bits per heavy atom. The molecule has 0 fully saturated rings. The minimum absolute atomic E-state index is 0.189. The molecule has 6 nitrogen and oxygen atoms in total. The van der Waals surface area contributed by atoms with E-state index in [2.05, 4.69) is 9.82 Å². The van der Waals surface area contributed by atoms with Gasteiger partial charge in [-0.1, -0.05) is 6.92 Å². The molecule has 8 heteroatoms. The van der Waals surface area contributed by atoms with Gasteiger partial charge in [-0.3, -0.25) is 4.79 Å². The molecule has 0 unspecified atom stereocenters. The van der Waals surface area contributed by atoms with Gasteiger partial charge in [-0.05, 0) is 31.0 Å². The summed E-state index contributed by atoms with van der Waals surface area (Å²) in [6, 6.07) is 6.44. The van der Waals surface area contributed by atoms with E-state index in [1.807, 2.05) is 13.0 Å². The van der Waals surface area contributed by atoms with E-state index in [0.717, 1.165) is 11.3 Å². The normalized spacial score (nSPS) is 11.7. The van der Waals surface area contributed by atoms with Crippen molar-refractivity contribution < 1.29 is 8.42 Å². The van der Waals surface area contributed by atoms with Crippen LogP contribution in [0.2, 0.25) is 0 Å². The largest absolute Gasteiger partial charge is 0.268 e. The Morgan fingerprint density at radius 3 is 2.81 bits per heavy atom. The summed E-state index contributed by atoms with van der Waals surface area (Å²) in [6.07, 6.45) is 2.86. The second kappa shape index (κ2) is 6.97. The maximum Gasteiger partial charge on any atom is 0.266 e. The molecule has 21 heavy (non-hydrogen) atoms. The standard InChI is InChI=1S/C13H17N3O3S2/c1-2-11-6-7-13(20-11)21(18,19)15-9-4-10-16-12(17)5-3-8-14-16/h3,5-8,15H,2,4,9-10H2,1H3. The molecule has 0 spiro atoms. The Morgan fingerprint density at radius 1 is 1.33 bits per heavy atom. The van der Waals surface area contributed by atoms with Gasteiger partial charge < -0.3 is 0 Å². The van der Waals surface area contributed by atoms with Crippen molar-refractivity contribution in [2.45, 2.75) is 30.5 Å². The average Bonchev–Trinajstić information content (AvgIpc) is 2.95. The fraction of sp³-hybridized carbons (Fsp3) is 0.385. The maximum absolute atomic E-state index is 12.1. The van der Waals surface area contributed by atoms with Gasteiger partial charge in [-0.2, -0.15) is 5.10 Å². The fourth-order valence-electron chi connectivity index (χ4n) is 1.75. The topological polar surface area (TPSA) is 81.1 Å². The van der Waals surface area contributed by atoms with Crippen molar-refractivity contribution in [3.63, 3.8) is 0 Å². The molecule has 0 radical (unpaired) electrons. The van der Waals surface area contributed by atoms with E-state index < -0.39 is 10.0 Å². The molecule has 0 aliphatic rings. The average molecular weight is 327 g/mol. The van der Waals surface area contributed by atoms with Gasteiger partial charge in [-0.25, -0.2) is 17.8 Å². The minimum atomic E-state index is -3.45. The van der Waals surface area contributed by atoms with Crippen molar-refractivity contribution in [3.05, 3.63) is 45.7 Å². The number of nitrogens with zero attached hydrogens (tertiary/aromatic N) is 2. The molecule has 2 heterocycles. The first kappa shape index (κ1) is 15.9. The molecule has 0 aromatic carbocycles. The highest BCUT2D eigenvalue weighted by atomic mass is 32.2. The summed E-state index contributed by atoms with van der Waals surface area (Å²) < 4.78 is 28.3. The van der Waals surface area contributed by atoms with Crippen molar-refractivity contribution in [3.8, 4) is 0 Å². The van der Waals surface area contributed by atoms with Gasteiger partial charge in [0, 0.05) is 30.2 Å². The highest BCUT2D eigenvalue weighted by molar-refractivity contribution is 7.91. The highest BCUT2D eigenvalue weighted by Gasteiger charge is 2.15. The summed E-state index contributed by atoms with van der Waals surface area (Å²) in [5.74, 6) is 0. The van der Waals surface area contributed by atoms with Crippen molar-refractivity contribution in [2.75, 3.05) is 6.54 Å². The molecule has 0 aliphatic heterocycles. The molecule has 0 bridgehead atoms. The maximum atomic E-state index is 12.1. The Bertz CT molecular complexity index is 750. The lowest BCUT2D eigenvalue weighted by molar-refractivity contribution is 0.535. The second-order valence-electron chi connectivity index (χ2n) is 4.41. The molecular formula is C13H17N3O3S2. The van der Waals surface area contributed by atoms with Crippen LogP contribution in [0.4, 0.5) is 0 Å². The molecule has 0 saturated carbocycles. The SMILES string of the molecule is CCc1ccc(S(=O)(=O)NCCCn2ncccc2=O)s1. The zero-order chi connectivity index (χ0) is 15.3. The first-order chi connectivity index (χ1) is 10.0. The quantitative estimate of drug-likeness (QED) is 0.776. The van der Waals surface area contributed by atoms with Crippen LogP contribution in [-0.4, -0.2) is 24.7 Å². The molecule has 0 atom stereocenters. The third-order valence-electron chi connectivity index (χ3n) is 2.87. The molecule has 2 aromatic heterocycles. The number of thiophene rings is 1. The lowest BCUT2D eigenvalue weighted by Gasteiger charge is -2.05. The van der Waals surface area contributed by atoms with Crippen LogP contribution in [-0.2, 0) is 23.0 Å². The van der Waals surface area contributed by atoms with E-state index in [-0.39, 0.29) is 12.1 Å². The Labute approximate surface area is 127 Å². The highest BCUT2D eigenvalue weighted by Crippen LogP contribution is 2.21. The number of sulfonamides is 1. The second-order valence-corrected chi connectivity index (χ2v) is 7.57. The lowest BCUT2D eigenvalue weighted by Crippen LogP contribution is -2.27. The van der Waals surface area contributed by atoms with Crippen LogP contribution in [0.15, 0.2) is 39.5 Å². The molecule has 2 rings (SSSR count). The first-order valence-corrected chi connectivity index (χ1v) is 8.93. The van der Waals surface area contributed by atoms with Crippen LogP contribution in [0, 0.1) is 0 Å². The van der Waals surface area contributed by atoms with E-state index >= 15 is 0 Å². The van der Waals surface area contributed by atoms with E-state index in [1.165, 1.54) is 28.3 Å². The third kappa shape index (κ3) is 4.23. The van der Waals surface area contributed by atoms with Gasteiger partial charge in [0.2, 0.25) is 10.0 Å². The van der Waals surface area contributed by atoms with Crippen molar-refractivity contribution in [1.29, 1.82) is 0 Å². The van der Waals surface area contributed by atoms with Gasteiger partial charge in [0.15, 0.2) is 0 Å². The molecule has 1 N–H and O–H groups in total. The van der Waals surface area contributed by atoms with E-state index in [4.69, 9.17) is 0 Å². The summed E-state index contributed by atoms with van der Waals surface area (Å²) >= 11 is 1.28. The van der Waals surface area contributed by atoms with Gasteiger partial charge in [0.25, 0.3) is 5.56 Å². The number of hydrogen-bond donors (Lipinski definition) is 1. The molecule has 0 saturated heterocycles. The Balaban J connectivity index is 1.88. The number of aryl methyl sites for hydroxylation is 2. The Hall–Kier alpha value is -1.51. The van der Waals surface area contributed by atoms with E-state index in [1.54, 1.807) is 12.1 Å². The third-order valence-corrected chi connectivity index (χ3v) is 6.06. The summed E-state index contributed by atoms with van der Waals surface area (Å²) in [5.41, 5.74) is -0.189. The zero-order valence-electron chi connectivity index (χ0n) is 11.7. The smallest absolute Gasteiger partial charge is 0.266 e. The minimum Gasteiger partial charge on any atom is -0.268 e. The first-order valence-electron chi connectivity index (χ1n) is 6.63. The zero-order valence-corrected chi connectivity index (χ0v) is 13.3. The summed E-state index contributed by atoms with van der Waals surface area (Å²) in [5, 5.41) is 3.91. The van der Waals surface area contributed by atoms with Crippen LogP contribution in [0.5, 0.6) is 0 Å². The molecule has 2 aromatic rings. The summed E-state index contributed by atoms with van der Waals surface area (Å²) in [6.45, 7) is 2.64. The van der Waals surface area contributed by atoms with Crippen molar-refractivity contribution >= 4 is 21.4 Å². The number of hydrogen-bond acceptors (Lipinski definition) is 5. The summed E-state index contributed by atoms with van der Waals surface area (Å²) in [4.78, 5) is 12.5. The lowest BCUT2D eigenvalue weighted by atomic mass is 10.4. The van der Waals surface area contributed by atoms with E-state index in [9.17, 15) is 13.2 Å². The number of aromatic nitrogens is 2. The van der Waals surface area contributed by atoms with Crippen LogP contribution >= 0.6 is 11.3 Å². The van der Waals surface area contributed by atoms with Gasteiger partial charge in [0.1, 0.15) is 4.21 Å². The van der Waals surface area contributed by atoms with Crippen LogP contribution in [0.25, 0.3) is 0 Å². The van der Waals surface area contributed by atoms with Crippen molar-refractivity contribution in [2.24, 2.45) is 0 Å². The fourth-order valence-corrected chi connectivity index (χ4v) is 4.17. The van der Waals surface area contributed by atoms with Crippen molar-refractivity contribution in [1.82, 2.24) is 14.5 Å².